The molecule has 0 saturated heterocycles. The molecule has 0 saturated carbocycles. The predicted octanol–water partition coefficient (Wildman–Crippen LogP) is 5.27. The largest absolute Gasteiger partial charge is 0.493 e. The van der Waals surface area contributed by atoms with Gasteiger partial charge in [0.1, 0.15) is 5.60 Å². The third kappa shape index (κ3) is 8.64. The Morgan fingerprint density at radius 3 is 2.27 bits per heavy atom. The second kappa shape index (κ2) is 10.7. The molecule has 6 heteroatoms. The Balaban J connectivity index is 2.98. The number of benzene rings is 1. The van der Waals surface area contributed by atoms with E-state index in [1.807, 2.05) is 20.8 Å². The maximum absolute atomic E-state index is 13.2. The number of ether oxygens (including phenoxy) is 3. The SMILES string of the molecule is [2H]C([2H])([2H])Oc1ccc(CCCC(=O)[C@@H](CC(C)(C)C)N(C)C(=O)OC(C)(C)C)cc1OC([2H])([2H])[2H]. The molecule has 170 valence electrons. The van der Waals surface area contributed by atoms with Gasteiger partial charge in [-0.25, -0.2) is 4.79 Å². The number of hydrogen-bond acceptors (Lipinski definition) is 5. The maximum Gasteiger partial charge on any atom is 0.410 e. The van der Waals surface area contributed by atoms with Crippen LogP contribution < -0.4 is 9.47 Å². The lowest BCUT2D eigenvalue weighted by atomic mass is 9.85. The molecule has 1 aromatic rings. The number of likely N-dealkylation sites (N-methyl/N-ethyl adjacent to an activating group) is 1. The number of amides is 1. The number of Topliss-reactive ketones (excluding diaryl/α,β-unsaturated/α-hetero) is 1. The van der Waals surface area contributed by atoms with E-state index in [-0.39, 0.29) is 29.1 Å². The van der Waals surface area contributed by atoms with Crippen molar-refractivity contribution in [2.45, 2.75) is 78.9 Å². The van der Waals surface area contributed by atoms with E-state index < -0.39 is 31.8 Å². The fraction of sp³-hybridized carbons (Fsp3) is 0.667. The number of rotatable bonds is 9. The fourth-order valence-corrected chi connectivity index (χ4v) is 3.01. The summed E-state index contributed by atoms with van der Waals surface area (Å²) >= 11 is 0. The second-order valence-corrected chi connectivity index (χ2v) is 9.68. The zero-order valence-corrected chi connectivity index (χ0v) is 19.1. The predicted molar refractivity (Wildman–Crippen MR) is 119 cm³/mol. The van der Waals surface area contributed by atoms with Gasteiger partial charge in [0.15, 0.2) is 17.3 Å². The van der Waals surface area contributed by atoms with Crippen LogP contribution in [-0.4, -0.2) is 49.5 Å². The zero-order chi connectivity index (χ0) is 28.1. The van der Waals surface area contributed by atoms with E-state index >= 15 is 0 Å². The van der Waals surface area contributed by atoms with Gasteiger partial charge in [-0.2, -0.15) is 0 Å². The first kappa shape index (κ1) is 17.4. The van der Waals surface area contributed by atoms with Gasteiger partial charge >= 0.3 is 6.09 Å². The molecule has 0 aliphatic rings. The minimum absolute atomic E-state index is 0.111. The summed E-state index contributed by atoms with van der Waals surface area (Å²) in [7, 11) is -4.01. The van der Waals surface area contributed by atoms with Gasteiger partial charge in [0.25, 0.3) is 0 Å². The summed E-state index contributed by atoms with van der Waals surface area (Å²) in [6.07, 6.45) is 0.890. The molecule has 1 aromatic carbocycles. The van der Waals surface area contributed by atoms with Crippen LogP contribution in [0.4, 0.5) is 4.79 Å². The van der Waals surface area contributed by atoms with E-state index in [4.69, 9.17) is 22.4 Å². The molecule has 6 nitrogen and oxygen atoms in total. The molecule has 1 rings (SSSR count). The average molecular weight is 428 g/mol. The first-order valence-corrected chi connectivity index (χ1v) is 10.1. The van der Waals surface area contributed by atoms with E-state index in [1.54, 1.807) is 33.9 Å². The van der Waals surface area contributed by atoms with Gasteiger partial charge in [-0.1, -0.05) is 26.8 Å². The summed E-state index contributed by atoms with van der Waals surface area (Å²) in [5, 5.41) is 0. The van der Waals surface area contributed by atoms with Gasteiger partial charge in [-0.15, -0.1) is 0 Å². The van der Waals surface area contributed by atoms with E-state index in [0.29, 0.717) is 24.8 Å². The lowest BCUT2D eigenvalue weighted by molar-refractivity contribution is -0.125. The fourth-order valence-electron chi connectivity index (χ4n) is 3.01. The zero-order valence-electron chi connectivity index (χ0n) is 25.1. The molecular weight excluding hydrogens is 382 g/mol. The van der Waals surface area contributed by atoms with E-state index in [9.17, 15) is 9.59 Å². The number of ketones is 1. The van der Waals surface area contributed by atoms with E-state index in [0.717, 1.165) is 0 Å². The molecule has 0 spiro atoms. The van der Waals surface area contributed by atoms with Crippen molar-refractivity contribution < 1.29 is 32.0 Å². The van der Waals surface area contributed by atoms with Crippen LogP contribution in [0.15, 0.2) is 18.2 Å². The summed E-state index contributed by atoms with van der Waals surface area (Å²) in [5.74, 6) is -0.542. The Hall–Kier alpha value is -2.24. The van der Waals surface area contributed by atoms with Crippen molar-refractivity contribution in [3.8, 4) is 11.5 Å². The highest BCUT2D eigenvalue weighted by Crippen LogP contribution is 2.29. The average Bonchev–Trinajstić information content (AvgIpc) is 2.63. The molecule has 0 radical (unpaired) electrons. The van der Waals surface area contributed by atoms with Crippen LogP contribution in [0.3, 0.4) is 0 Å². The van der Waals surface area contributed by atoms with Crippen LogP contribution in [0.5, 0.6) is 11.5 Å². The highest BCUT2D eigenvalue weighted by molar-refractivity contribution is 5.87. The van der Waals surface area contributed by atoms with Crippen molar-refractivity contribution in [1.82, 2.24) is 4.90 Å². The summed E-state index contributed by atoms with van der Waals surface area (Å²) in [5.41, 5.74) is -0.255. The molecule has 0 unspecified atom stereocenters. The highest BCUT2D eigenvalue weighted by atomic mass is 16.6. The van der Waals surface area contributed by atoms with Crippen molar-refractivity contribution in [3.63, 3.8) is 0 Å². The first-order chi connectivity index (χ1) is 16.1. The minimum Gasteiger partial charge on any atom is -0.493 e. The molecular formula is C24H39NO5. The monoisotopic (exact) mass is 427 g/mol. The van der Waals surface area contributed by atoms with Crippen molar-refractivity contribution in [1.29, 1.82) is 0 Å². The van der Waals surface area contributed by atoms with Crippen LogP contribution in [0.25, 0.3) is 0 Å². The summed E-state index contributed by atoms with van der Waals surface area (Å²) < 4.78 is 59.0. The molecule has 0 aromatic heterocycles. The molecule has 0 N–H and O–H groups in total. The molecule has 1 atom stereocenters. The molecule has 1 amide bonds. The molecule has 30 heavy (non-hydrogen) atoms. The van der Waals surface area contributed by atoms with Gasteiger partial charge in [0.05, 0.1) is 28.3 Å². The van der Waals surface area contributed by atoms with Gasteiger partial charge in [0.2, 0.25) is 0 Å². The van der Waals surface area contributed by atoms with Gasteiger partial charge in [-0.3, -0.25) is 4.79 Å². The highest BCUT2D eigenvalue weighted by Gasteiger charge is 2.32. The topological polar surface area (TPSA) is 65.1 Å². The normalized spacial score (nSPS) is 16.6. The Morgan fingerprint density at radius 1 is 1.07 bits per heavy atom. The Kier molecular flexibility index (Phi) is 6.21. The Labute approximate surface area is 190 Å². The number of hydrogen-bond donors (Lipinski definition) is 0. The molecule has 0 aliphatic carbocycles. The van der Waals surface area contributed by atoms with Gasteiger partial charge < -0.3 is 19.1 Å². The number of nitrogens with zero attached hydrogens (tertiary/aromatic N) is 1. The van der Waals surface area contributed by atoms with Gasteiger partial charge in [-0.05, 0) is 63.1 Å². The van der Waals surface area contributed by atoms with Gasteiger partial charge in [0, 0.05) is 13.5 Å². The Bertz CT molecular complexity index is 900. The quantitative estimate of drug-likeness (QED) is 0.537. The third-order valence-electron chi connectivity index (χ3n) is 4.44. The molecule has 0 fully saturated rings. The van der Waals surface area contributed by atoms with E-state index in [2.05, 4.69) is 0 Å². The summed E-state index contributed by atoms with van der Waals surface area (Å²) in [4.78, 5) is 27.1. The smallest absolute Gasteiger partial charge is 0.410 e. The number of carbonyl (C=O) groups excluding carboxylic acids is 2. The van der Waals surface area contributed by atoms with Crippen LogP contribution in [-0.2, 0) is 16.0 Å². The van der Waals surface area contributed by atoms with Crippen molar-refractivity contribution >= 4 is 11.9 Å². The van der Waals surface area contributed by atoms with Crippen LogP contribution in [0.1, 0.15) is 74.6 Å². The van der Waals surface area contributed by atoms with Crippen molar-refractivity contribution in [2.75, 3.05) is 21.1 Å². The first-order valence-electron chi connectivity index (χ1n) is 13.1. The second-order valence-electron chi connectivity index (χ2n) is 9.68. The molecule has 0 heterocycles. The van der Waals surface area contributed by atoms with Crippen molar-refractivity contribution in [3.05, 3.63) is 23.8 Å². The standard InChI is InChI=1S/C24H39NO5/c1-23(2,3)16-18(25(7)22(27)30-24(4,5)6)19(26)12-10-11-17-13-14-20(28-8)21(15-17)29-9/h13-15,18H,10-12,16H2,1-9H3/t18-/m1/s1/i8D3,9D3. The maximum atomic E-state index is 13.2. The van der Waals surface area contributed by atoms with Crippen LogP contribution in [0.2, 0.25) is 0 Å². The summed E-state index contributed by atoms with van der Waals surface area (Å²) in [6.45, 7) is 11.3. The molecule has 0 aliphatic heterocycles. The number of aryl methyl sites for hydroxylation is 1. The lowest BCUT2D eigenvalue weighted by Crippen LogP contribution is -2.46. The summed E-state index contributed by atoms with van der Waals surface area (Å²) in [6, 6.07) is 3.67. The molecule has 0 bridgehead atoms. The number of methoxy groups -OCH3 is 2. The van der Waals surface area contributed by atoms with E-state index in [1.165, 1.54) is 17.0 Å². The Morgan fingerprint density at radius 2 is 1.70 bits per heavy atom. The van der Waals surface area contributed by atoms with Crippen LogP contribution in [0, 0.1) is 5.41 Å². The number of carbonyl (C=O) groups is 2. The van der Waals surface area contributed by atoms with Crippen molar-refractivity contribution in [2.24, 2.45) is 5.41 Å². The minimum atomic E-state index is -2.80. The third-order valence-corrected chi connectivity index (χ3v) is 4.44. The lowest BCUT2D eigenvalue weighted by Gasteiger charge is -2.33. The van der Waals surface area contributed by atoms with Crippen LogP contribution >= 0.6 is 0 Å².